The van der Waals surface area contributed by atoms with Gasteiger partial charge in [0, 0.05) is 11.5 Å². The summed E-state index contributed by atoms with van der Waals surface area (Å²) in [6.07, 6.45) is 0. The molecule has 0 amide bonds. The van der Waals surface area contributed by atoms with E-state index in [0.717, 1.165) is 5.56 Å². The zero-order valence-corrected chi connectivity index (χ0v) is 11.2. The highest BCUT2D eigenvalue weighted by Crippen LogP contribution is 2.31. The molecular weight excluding hydrogens is 214 g/mol. The number of carboxylic acids is 1. The van der Waals surface area contributed by atoms with E-state index in [-0.39, 0.29) is 11.5 Å². The Hall–Kier alpha value is -1.35. The lowest BCUT2D eigenvalue weighted by Crippen LogP contribution is -2.42. The second-order valence-electron chi connectivity index (χ2n) is 5.21. The average molecular weight is 235 g/mol. The first-order chi connectivity index (χ1) is 7.78. The van der Waals surface area contributed by atoms with Gasteiger partial charge in [0.25, 0.3) is 0 Å². The van der Waals surface area contributed by atoms with Crippen LogP contribution in [0.3, 0.4) is 0 Å². The van der Waals surface area contributed by atoms with Crippen LogP contribution in [0.4, 0.5) is 0 Å². The Morgan fingerprint density at radius 1 is 1.29 bits per heavy atom. The Morgan fingerprint density at radius 2 is 1.82 bits per heavy atom. The number of aromatic carboxylic acids is 1. The fraction of sp³-hybridized carbons (Fsp3) is 0.500. The lowest BCUT2D eigenvalue weighted by atomic mass is 9.76. The summed E-state index contributed by atoms with van der Waals surface area (Å²) in [5.74, 6) is -0.861. The summed E-state index contributed by atoms with van der Waals surface area (Å²) in [6, 6.07) is 7.49. The zero-order chi connectivity index (χ0) is 13.2. The molecule has 0 fully saturated rings. The quantitative estimate of drug-likeness (QED) is 0.872. The summed E-state index contributed by atoms with van der Waals surface area (Å²) in [7, 11) is 4.02. The van der Waals surface area contributed by atoms with Crippen LogP contribution in [0.5, 0.6) is 0 Å². The van der Waals surface area contributed by atoms with Gasteiger partial charge in [-0.3, -0.25) is 0 Å². The molecule has 0 radical (unpaired) electrons. The molecular formula is C14H21NO2. The van der Waals surface area contributed by atoms with Gasteiger partial charge in [-0.15, -0.1) is 0 Å². The van der Waals surface area contributed by atoms with Crippen molar-refractivity contribution in [2.45, 2.75) is 32.2 Å². The van der Waals surface area contributed by atoms with Gasteiger partial charge in [0.2, 0.25) is 0 Å². The Kier molecular flexibility index (Phi) is 3.94. The van der Waals surface area contributed by atoms with Crippen LogP contribution in [-0.4, -0.2) is 36.1 Å². The second-order valence-corrected chi connectivity index (χ2v) is 5.21. The van der Waals surface area contributed by atoms with Crippen LogP contribution in [0.15, 0.2) is 24.3 Å². The van der Waals surface area contributed by atoms with E-state index in [1.54, 1.807) is 12.1 Å². The largest absolute Gasteiger partial charge is 0.478 e. The molecule has 1 aromatic rings. The van der Waals surface area contributed by atoms with Gasteiger partial charge in [0.1, 0.15) is 0 Å². The number of hydrogen-bond donors (Lipinski definition) is 1. The van der Waals surface area contributed by atoms with E-state index in [0.29, 0.717) is 5.56 Å². The maximum atomic E-state index is 11.2. The molecule has 3 heteroatoms. The van der Waals surface area contributed by atoms with Crippen molar-refractivity contribution in [3.05, 3.63) is 35.4 Å². The van der Waals surface area contributed by atoms with Crippen LogP contribution in [-0.2, 0) is 5.41 Å². The van der Waals surface area contributed by atoms with Gasteiger partial charge >= 0.3 is 5.97 Å². The molecule has 0 aliphatic rings. The third kappa shape index (κ3) is 2.67. The lowest BCUT2D eigenvalue weighted by molar-refractivity contribution is 0.0692. The van der Waals surface area contributed by atoms with Gasteiger partial charge in [-0.05, 0) is 32.6 Å². The van der Waals surface area contributed by atoms with Crippen molar-refractivity contribution >= 4 is 5.97 Å². The molecule has 0 aliphatic heterocycles. The van der Waals surface area contributed by atoms with Crippen molar-refractivity contribution in [3.63, 3.8) is 0 Å². The molecule has 1 aromatic carbocycles. The van der Waals surface area contributed by atoms with E-state index in [1.165, 1.54) is 0 Å². The number of nitrogens with zero attached hydrogens (tertiary/aromatic N) is 1. The number of hydrogen-bond acceptors (Lipinski definition) is 2. The zero-order valence-electron chi connectivity index (χ0n) is 11.2. The Bertz CT molecular complexity index is 410. The summed E-state index contributed by atoms with van der Waals surface area (Å²) >= 11 is 0. The van der Waals surface area contributed by atoms with E-state index in [4.69, 9.17) is 0 Å². The summed E-state index contributed by atoms with van der Waals surface area (Å²) < 4.78 is 0. The van der Waals surface area contributed by atoms with E-state index < -0.39 is 5.97 Å². The van der Waals surface area contributed by atoms with Crippen molar-refractivity contribution in [2.24, 2.45) is 0 Å². The monoisotopic (exact) mass is 235 g/mol. The van der Waals surface area contributed by atoms with Crippen molar-refractivity contribution in [1.82, 2.24) is 4.90 Å². The molecule has 1 unspecified atom stereocenters. The van der Waals surface area contributed by atoms with Crippen LogP contribution in [0.1, 0.15) is 36.7 Å². The Balaban J connectivity index is 3.28. The van der Waals surface area contributed by atoms with Crippen LogP contribution in [0, 0.1) is 0 Å². The number of rotatable bonds is 4. The second kappa shape index (κ2) is 4.88. The van der Waals surface area contributed by atoms with Gasteiger partial charge in [0.15, 0.2) is 0 Å². The third-order valence-electron chi connectivity index (χ3n) is 3.67. The van der Waals surface area contributed by atoms with Crippen LogP contribution < -0.4 is 0 Å². The summed E-state index contributed by atoms with van der Waals surface area (Å²) in [5.41, 5.74) is 1.07. The summed E-state index contributed by atoms with van der Waals surface area (Å²) in [5, 5.41) is 9.24. The standard InChI is InChI=1S/C14H21NO2/c1-10(15(4)5)14(2,3)12-9-7-6-8-11(12)13(16)17/h6-10H,1-5H3,(H,16,17). The van der Waals surface area contributed by atoms with E-state index in [1.807, 2.05) is 26.2 Å². The Morgan fingerprint density at radius 3 is 2.29 bits per heavy atom. The normalized spacial score (nSPS) is 13.8. The van der Waals surface area contributed by atoms with Crippen molar-refractivity contribution < 1.29 is 9.90 Å². The Labute approximate surface area is 103 Å². The van der Waals surface area contributed by atoms with Crippen LogP contribution >= 0.6 is 0 Å². The van der Waals surface area contributed by atoms with E-state index in [2.05, 4.69) is 25.7 Å². The predicted molar refractivity (Wildman–Crippen MR) is 69.6 cm³/mol. The maximum Gasteiger partial charge on any atom is 0.335 e. The molecule has 3 nitrogen and oxygen atoms in total. The minimum absolute atomic E-state index is 0.210. The van der Waals surface area contributed by atoms with Gasteiger partial charge in [0.05, 0.1) is 5.56 Å². The van der Waals surface area contributed by atoms with Crippen molar-refractivity contribution in [2.75, 3.05) is 14.1 Å². The van der Waals surface area contributed by atoms with Crippen molar-refractivity contribution in [1.29, 1.82) is 0 Å². The smallest absolute Gasteiger partial charge is 0.335 e. The molecule has 17 heavy (non-hydrogen) atoms. The van der Waals surface area contributed by atoms with Gasteiger partial charge < -0.3 is 10.0 Å². The minimum Gasteiger partial charge on any atom is -0.478 e. The first-order valence-electron chi connectivity index (χ1n) is 5.77. The predicted octanol–water partition coefficient (Wildman–Crippen LogP) is 2.61. The average Bonchev–Trinajstić information content (AvgIpc) is 2.27. The lowest BCUT2D eigenvalue weighted by Gasteiger charge is -2.37. The highest BCUT2D eigenvalue weighted by Gasteiger charge is 2.32. The van der Waals surface area contributed by atoms with Gasteiger partial charge in [-0.2, -0.15) is 0 Å². The molecule has 0 saturated heterocycles. The minimum atomic E-state index is -0.861. The maximum absolute atomic E-state index is 11.2. The molecule has 1 atom stereocenters. The van der Waals surface area contributed by atoms with Gasteiger partial charge in [-0.1, -0.05) is 32.0 Å². The highest BCUT2D eigenvalue weighted by atomic mass is 16.4. The highest BCUT2D eigenvalue weighted by molar-refractivity contribution is 5.89. The molecule has 0 saturated carbocycles. The first-order valence-corrected chi connectivity index (χ1v) is 5.77. The molecule has 1 rings (SSSR count). The fourth-order valence-corrected chi connectivity index (χ4v) is 2.10. The third-order valence-corrected chi connectivity index (χ3v) is 3.67. The molecule has 1 N–H and O–H groups in total. The molecule has 0 aliphatic carbocycles. The summed E-state index contributed by atoms with van der Waals surface area (Å²) in [6.45, 7) is 6.28. The molecule has 0 aromatic heterocycles. The van der Waals surface area contributed by atoms with E-state index in [9.17, 15) is 9.90 Å². The topological polar surface area (TPSA) is 40.5 Å². The molecule has 94 valence electrons. The number of benzene rings is 1. The van der Waals surface area contributed by atoms with Crippen LogP contribution in [0.2, 0.25) is 0 Å². The molecule has 0 bridgehead atoms. The fourth-order valence-electron chi connectivity index (χ4n) is 2.10. The number of carbonyl (C=O) groups is 1. The number of carboxylic acid groups (broad SMARTS) is 1. The van der Waals surface area contributed by atoms with E-state index >= 15 is 0 Å². The van der Waals surface area contributed by atoms with Gasteiger partial charge in [-0.25, -0.2) is 4.79 Å². The van der Waals surface area contributed by atoms with Crippen LogP contribution in [0.25, 0.3) is 0 Å². The number of likely N-dealkylation sites (N-methyl/N-ethyl adjacent to an activating group) is 1. The summed E-state index contributed by atoms with van der Waals surface area (Å²) in [4.78, 5) is 13.4. The van der Waals surface area contributed by atoms with Crippen molar-refractivity contribution in [3.8, 4) is 0 Å². The molecule has 0 spiro atoms. The first kappa shape index (κ1) is 13.7. The SMILES string of the molecule is CC(N(C)C)C(C)(C)c1ccccc1C(=O)O. The molecule has 0 heterocycles.